The minimum atomic E-state index is 0.323. The summed E-state index contributed by atoms with van der Waals surface area (Å²) >= 11 is 0. The van der Waals surface area contributed by atoms with Crippen LogP contribution >= 0.6 is 0 Å². The molecule has 0 N–H and O–H groups in total. The molecule has 3 rings (SSSR count). The second-order valence-corrected chi connectivity index (χ2v) is 8.90. The molecular formula is C19H33NO. The van der Waals surface area contributed by atoms with E-state index < -0.39 is 0 Å². The van der Waals surface area contributed by atoms with Crippen LogP contribution in [-0.2, 0) is 4.79 Å². The van der Waals surface area contributed by atoms with Gasteiger partial charge in [-0.3, -0.25) is 9.69 Å². The van der Waals surface area contributed by atoms with Crippen molar-refractivity contribution < 1.29 is 4.79 Å². The third kappa shape index (κ3) is 3.36. The van der Waals surface area contributed by atoms with Gasteiger partial charge in [0.05, 0.1) is 0 Å². The Morgan fingerprint density at radius 2 is 1.86 bits per heavy atom. The first-order valence-corrected chi connectivity index (χ1v) is 9.22. The maximum absolute atomic E-state index is 12.4. The highest BCUT2D eigenvalue weighted by Gasteiger charge is 2.40. The summed E-state index contributed by atoms with van der Waals surface area (Å²) in [5.41, 5.74) is 0.358. The Kier molecular flexibility index (Phi) is 4.45. The lowest BCUT2D eigenvalue weighted by Crippen LogP contribution is -2.42. The maximum atomic E-state index is 12.4. The first kappa shape index (κ1) is 15.5. The minimum Gasteiger partial charge on any atom is -0.299 e. The molecular weight excluding hydrogens is 258 g/mol. The van der Waals surface area contributed by atoms with Crippen molar-refractivity contribution in [1.29, 1.82) is 0 Å². The largest absolute Gasteiger partial charge is 0.299 e. The van der Waals surface area contributed by atoms with Gasteiger partial charge in [0.1, 0.15) is 5.78 Å². The van der Waals surface area contributed by atoms with Crippen LogP contribution < -0.4 is 0 Å². The predicted molar refractivity (Wildman–Crippen MR) is 87.2 cm³/mol. The van der Waals surface area contributed by atoms with Crippen LogP contribution in [0.4, 0.5) is 0 Å². The molecule has 2 aliphatic carbocycles. The number of carbonyl (C=O) groups excluding carboxylic acids is 1. The highest BCUT2D eigenvalue weighted by molar-refractivity contribution is 5.82. The van der Waals surface area contributed by atoms with Crippen LogP contribution in [0.15, 0.2) is 0 Å². The summed E-state index contributed by atoms with van der Waals surface area (Å²) in [6.07, 6.45) is 10.1. The lowest BCUT2D eigenvalue weighted by Gasteiger charge is -2.39. The summed E-state index contributed by atoms with van der Waals surface area (Å²) in [6.45, 7) is 9.35. The van der Waals surface area contributed by atoms with E-state index in [0.29, 0.717) is 17.1 Å². The first-order chi connectivity index (χ1) is 9.95. The summed E-state index contributed by atoms with van der Waals surface area (Å²) < 4.78 is 0. The molecule has 1 heterocycles. The van der Waals surface area contributed by atoms with Crippen molar-refractivity contribution in [2.24, 2.45) is 23.2 Å². The topological polar surface area (TPSA) is 20.3 Å². The second-order valence-electron chi connectivity index (χ2n) is 8.90. The molecule has 3 fully saturated rings. The fraction of sp³-hybridized carbons (Fsp3) is 0.947. The van der Waals surface area contributed by atoms with Crippen molar-refractivity contribution in [1.82, 2.24) is 4.90 Å². The van der Waals surface area contributed by atoms with E-state index in [1.54, 1.807) is 0 Å². The Morgan fingerprint density at radius 1 is 1.10 bits per heavy atom. The summed E-state index contributed by atoms with van der Waals surface area (Å²) in [7, 11) is 0. The zero-order chi connectivity index (χ0) is 15.0. The van der Waals surface area contributed by atoms with Crippen LogP contribution in [0.25, 0.3) is 0 Å². The molecule has 0 spiro atoms. The van der Waals surface area contributed by atoms with Gasteiger partial charge in [0.2, 0.25) is 0 Å². The molecule has 2 saturated carbocycles. The lowest BCUT2D eigenvalue weighted by atomic mass is 9.68. The van der Waals surface area contributed by atoms with Gasteiger partial charge >= 0.3 is 0 Å². The van der Waals surface area contributed by atoms with Crippen LogP contribution in [0.3, 0.4) is 0 Å². The average Bonchev–Trinajstić information content (AvgIpc) is 2.83. The normalized spacial score (nSPS) is 38.5. The Bertz CT molecular complexity index is 384. The Morgan fingerprint density at radius 3 is 2.62 bits per heavy atom. The molecule has 4 unspecified atom stereocenters. The number of fused-ring (bicyclic) bond motifs is 1. The standard InChI is InChI=1S/C19H33NO/c1-19(2,3)16-8-9-18(21)15(12-16)13-20-11-10-14-6-4-5-7-17(14)20/h14-17H,4-13H2,1-3H3. The number of likely N-dealkylation sites (tertiary alicyclic amines) is 1. The molecule has 0 bridgehead atoms. The van der Waals surface area contributed by atoms with Gasteiger partial charge in [-0.15, -0.1) is 0 Å². The van der Waals surface area contributed by atoms with Crippen molar-refractivity contribution in [3.63, 3.8) is 0 Å². The zero-order valence-electron chi connectivity index (χ0n) is 14.2. The van der Waals surface area contributed by atoms with Crippen LogP contribution in [0.1, 0.15) is 72.1 Å². The van der Waals surface area contributed by atoms with Crippen molar-refractivity contribution >= 4 is 5.78 Å². The highest BCUT2D eigenvalue weighted by Crippen LogP contribution is 2.41. The molecule has 2 nitrogen and oxygen atoms in total. The molecule has 0 aromatic heterocycles. The fourth-order valence-electron chi connectivity index (χ4n) is 5.09. The van der Waals surface area contributed by atoms with Crippen LogP contribution in [-0.4, -0.2) is 29.8 Å². The van der Waals surface area contributed by atoms with E-state index in [0.717, 1.165) is 43.7 Å². The molecule has 0 aromatic carbocycles. The van der Waals surface area contributed by atoms with E-state index >= 15 is 0 Å². The molecule has 1 aliphatic heterocycles. The number of hydrogen-bond acceptors (Lipinski definition) is 2. The van der Waals surface area contributed by atoms with Gasteiger partial charge in [0.25, 0.3) is 0 Å². The molecule has 21 heavy (non-hydrogen) atoms. The lowest BCUT2D eigenvalue weighted by molar-refractivity contribution is -0.127. The number of rotatable bonds is 2. The molecule has 120 valence electrons. The summed E-state index contributed by atoms with van der Waals surface area (Å²) in [4.78, 5) is 15.1. The van der Waals surface area contributed by atoms with Gasteiger partial charge in [-0.25, -0.2) is 0 Å². The SMILES string of the molecule is CC(C)(C)C1CCC(=O)C(CN2CCC3CCCCC32)C1. The number of carbonyl (C=O) groups is 1. The Hall–Kier alpha value is -0.370. The van der Waals surface area contributed by atoms with Gasteiger partial charge in [0, 0.05) is 24.9 Å². The first-order valence-electron chi connectivity index (χ1n) is 9.22. The quantitative estimate of drug-likeness (QED) is 0.756. The van der Waals surface area contributed by atoms with Gasteiger partial charge in [-0.2, -0.15) is 0 Å². The van der Waals surface area contributed by atoms with Gasteiger partial charge in [-0.1, -0.05) is 33.6 Å². The molecule has 2 heteroatoms. The highest BCUT2D eigenvalue weighted by atomic mass is 16.1. The monoisotopic (exact) mass is 291 g/mol. The molecule has 0 amide bonds. The number of nitrogens with zero attached hydrogens (tertiary/aromatic N) is 1. The van der Waals surface area contributed by atoms with Crippen LogP contribution in [0.5, 0.6) is 0 Å². The fourth-order valence-corrected chi connectivity index (χ4v) is 5.09. The summed E-state index contributed by atoms with van der Waals surface area (Å²) in [5.74, 6) is 2.54. The second kappa shape index (κ2) is 6.02. The van der Waals surface area contributed by atoms with E-state index in [4.69, 9.17) is 0 Å². The van der Waals surface area contributed by atoms with Crippen LogP contribution in [0.2, 0.25) is 0 Å². The molecule has 0 aromatic rings. The average molecular weight is 291 g/mol. The smallest absolute Gasteiger partial charge is 0.137 e. The van der Waals surface area contributed by atoms with E-state index in [-0.39, 0.29) is 0 Å². The molecule has 3 aliphatic rings. The maximum Gasteiger partial charge on any atom is 0.137 e. The number of ketones is 1. The van der Waals surface area contributed by atoms with E-state index in [2.05, 4.69) is 25.7 Å². The van der Waals surface area contributed by atoms with Crippen molar-refractivity contribution in [3.8, 4) is 0 Å². The summed E-state index contributed by atoms with van der Waals surface area (Å²) in [6, 6.07) is 0.807. The van der Waals surface area contributed by atoms with Crippen LogP contribution in [0, 0.1) is 23.2 Å². The number of Topliss-reactive ketones (excluding diaryl/α,β-unsaturated/α-hetero) is 1. The third-order valence-electron chi connectivity index (χ3n) is 6.57. The van der Waals surface area contributed by atoms with Gasteiger partial charge < -0.3 is 0 Å². The minimum absolute atomic E-state index is 0.323. The molecule has 4 atom stereocenters. The van der Waals surface area contributed by atoms with Gasteiger partial charge in [0.15, 0.2) is 0 Å². The van der Waals surface area contributed by atoms with E-state index in [9.17, 15) is 4.79 Å². The zero-order valence-corrected chi connectivity index (χ0v) is 14.2. The third-order valence-corrected chi connectivity index (χ3v) is 6.57. The Balaban J connectivity index is 1.62. The summed E-state index contributed by atoms with van der Waals surface area (Å²) in [5, 5.41) is 0. The molecule has 1 saturated heterocycles. The van der Waals surface area contributed by atoms with Gasteiger partial charge in [-0.05, 0) is 55.9 Å². The number of hydrogen-bond donors (Lipinski definition) is 0. The van der Waals surface area contributed by atoms with Crippen molar-refractivity contribution in [2.75, 3.05) is 13.1 Å². The Labute approximate surface area is 130 Å². The van der Waals surface area contributed by atoms with Crippen molar-refractivity contribution in [3.05, 3.63) is 0 Å². The van der Waals surface area contributed by atoms with E-state index in [1.807, 2.05) is 0 Å². The van der Waals surface area contributed by atoms with Crippen molar-refractivity contribution in [2.45, 2.75) is 78.2 Å². The predicted octanol–water partition coefficient (Wildman–Crippen LogP) is 4.28. The van der Waals surface area contributed by atoms with E-state index in [1.165, 1.54) is 38.6 Å². The molecule has 0 radical (unpaired) electrons.